The Kier molecular flexibility index (Phi) is 4.86. The van der Waals surface area contributed by atoms with Crippen molar-refractivity contribution in [2.75, 3.05) is 18.4 Å². The van der Waals surface area contributed by atoms with Gasteiger partial charge in [-0.3, -0.25) is 4.79 Å². The first-order chi connectivity index (χ1) is 11.8. The third kappa shape index (κ3) is 3.60. The molecule has 0 saturated carbocycles. The van der Waals surface area contributed by atoms with Crippen molar-refractivity contribution < 1.29 is 4.79 Å². The average Bonchev–Trinajstić information content (AvgIpc) is 3.03. The first-order valence-electron chi connectivity index (χ1n) is 7.78. The van der Waals surface area contributed by atoms with Crippen LogP contribution in [0.15, 0.2) is 55.5 Å². The van der Waals surface area contributed by atoms with E-state index < -0.39 is 0 Å². The second-order valence-electron chi connectivity index (χ2n) is 5.32. The molecule has 2 heterocycles. The molecule has 0 atom stereocenters. The molecule has 0 aliphatic carbocycles. The molecule has 1 aromatic carbocycles. The zero-order valence-corrected chi connectivity index (χ0v) is 13.2. The van der Waals surface area contributed by atoms with Gasteiger partial charge in [-0.15, -0.1) is 6.58 Å². The Hall–Kier alpha value is -3.15. The van der Waals surface area contributed by atoms with Crippen LogP contribution in [0.4, 0.5) is 5.82 Å². The van der Waals surface area contributed by atoms with Crippen molar-refractivity contribution in [2.45, 2.75) is 6.42 Å². The van der Waals surface area contributed by atoms with E-state index in [0.29, 0.717) is 24.6 Å². The number of nitrogens with one attached hydrogen (secondary N) is 3. The van der Waals surface area contributed by atoms with Gasteiger partial charge in [-0.25, -0.2) is 9.97 Å². The molecule has 6 nitrogen and oxygen atoms in total. The van der Waals surface area contributed by atoms with E-state index in [1.165, 1.54) is 17.3 Å². The molecule has 1 amide bonds. The first kappa shape index (κ1) is 15.7. The molecule has 6 heteroatoms. The highest BCUT2D eigenvalue weighted by Gasteiger charge is 2.09. The number of hydrogen-bond donors (Lipinski definition) is 3. The maximum atomic E-state index is 12.2. The summed E-state index contributed by atoms with van der Waals surface area (Å²) in [6.45, 7) is 4.76. The van der Waals surface area contributed by atoms with Crippen LogP contribution in [-0.2, 0) is 6.42 Å². The number of nitrogens with zero attached hydrogens (tertiary/aromatic N) is 2. The van der Waals surface area contributed by atoms with Crippen LogP contribution < -0.4 is 10.6 Å². The Morgan fingerprint density at radius 2 is 2.17 bits per heavy atom. The van der Waals surface area contributed by atoms with E-state index >= 15 is 0 Å². The minimum absolute atomic E-state index is 0.209. The van der Waals surface area contributed by atoms with Crippen molar-refractivity contribution >= 4 is 22.6 Å². The molecule has 0 aliphatic rings. The lowest BCUT2D eigenvalue weighted by atomic mass is 10.1. The molecule has 2 aromatic heterocycles. The fourth-order valence-corrected chi connectivity index (χ4v) is 2.49. The normalized spacial score (nSPS) is 10.5. The van der Waals surface area contributed by atoms with Crippen LogP contribution in [0, 0.1) is 0 Å². The molecule has 122 valence electrons. The van der Waals surface area contributed by atoms with Crippen LogP contribution in [0.3, 0.4) is 0 Å². The fourth-order valence-electron chi connectivity index (χ4n) is 2.49. The Morgan fingerprint density at radius 1 is 1.29 bits per heavy atom. The monoisotopic (exact) mass is 321 g/mol. The van der Waals surface area contributed by atoms with Crippen LogP contribution >= 0.6 is 0 Å². The van der Waals surface area contributed by atoms with Crippen molar-refractivity contribution in [3.05, 3.63) is 66.8 Å². The number of aromatic amines is 1. The van der Waals surface area contributed by atoms with Gasteiger partial charge in [0, 0.05) is 36.3 Å². The summed E-state index contributed by atoms with van der Waals surface area (Å²) < 4.78 is 0. The van der Waals surface area contributed by atoms with E-state index in [1.54, 1.807) is 12.1 Å². The minimum atomic E-state index is -0.209. The summed E-state index contributed by atoms with van der Waals surface area (Å²) in [6, 6.07) is 9.75. The van der Waals surface area contributed by atoms with Gasteiger partial charge in [0.25, 0.3) is 5.91 Å². The minimum Gasteiger partial charge on any atom is -0.366 e. The Bertz CT molecular complexity index is 855. The zero-order chi connectivity index (χ0) is 16.8. The van der Waals surface area contributed by atoms with Gasteiger partial charge >= 0.3 is 0 Å². The quantitative estimate of drug-likeness (QED) is 0.584. The molecule has 0 spiro atoms. The van der Waals surface area contributed by atoms with Crippen molar-refractivity contribution in [3.8, 4) is 0 Å². The third-order valence-corrected chi connectivity index (χ3v) is 3.68. The van der Waals surface area contributed by atoms with E-state index in [4.69, 9.17) is 0 Å². The summed E-state index contributed by atoms with van der Waals surface area (Å²) in [7, 11) is 0. The van der Waals surface area contributed by atoms with Gasteiger partial charge in [0.1, 0.15) is 17.8 Å². The average molecular weight is 321 g/mol. The lowest BCUT2D eigenvalue weighted by Crippen LogP contribution is -2.26. The number of para-hydroxylation sites is 1. The number of benzene rings is 1. The van der Waals surface area contributed by atoms with E-state index in [9.17, 15) is 4.79 Å². The lowest BCUT2D eigenvalue weighted by Gasteiger charge is -2.06. The molecule has 3 N–H and O–H groups in total. The number of carbonyl (C=O) groups excluding carboxylic acids is 1. The molecule has 24 heavy (non-hydrogen) atoms. The zero-order valence-electron chi connectivity index (χ0n) is 13.2. The molecular formula is C18H19N5O. The smallest absolute Gasteiger partial charge is 0.270 e. The SMILES string of the molecule is C=CCNc1cc(C(=O)NCCc2c[nH]c3ccccc23)ncn1. The third-order valence-electron chi connectivity index (χ3n) is 3.68. The molecule has 0 aliphatic heterocycles. The number of anilines is 1. The summed E-state index contributed by atoms with van der Waals surface area (Å²) in [6.07, 6.45) is 5.84. The van der Waals surface area contributed by atoms with Gasteiger partial charge in [0.2, 0.25) is 0 Å². The molecule has 0 fully saturated rings. The van der Waals surface area contributed by atoms with Gasteiger partial charge in [-0.2, -0.15) is 0 Å². The van der Waals surface area contributed by atoms with Crippen LogP contribution in [0.25, 0.3) is 10.9 Å². The summed E-state index contributed by atoms with van der Waals surface area (Å²) >= 11 is 0. The molecule has 3 aromatic rings. The highest BCUT2D eigenvalue weighted by molar-refractivity contribution is 5.92. The largest absolute Gasteiger partial charge is 0.366 e. The van der Waals surface area contributed by atoms with Crippen LogP contribution in [-0.4, -0.2) is 33.9 Å². The van der Waals surface area contributed by atoms with E-state index in [-0.39, 0.29) is 5.91 Å². The molecular weight excluding hydrogens is 302 g/mol. The highest BCUT2D eigenvalue weighted by Crippen LogP contribution is 2.17. The summed E-state index contributed by atoms with van der Waals surface area (Å²) in [5.41, 5.74) is 2.63. The van der Waals surface area contributed by atoms with Crippen molar-refractivity contribution in [3.63, 3.8) is 0 Å². The van der Waals surface area contributed by atoms with E-state index in [0.717, 1.165) is 11.9 Å². The van der Waals surface area contributed by atoms with Gasteiger partial charge in [-0.1, -0.05) is 24.3 Å². The fraction of sp³-hybridized carbons (Fsp3) is 0.167. The summed E-state index contributed by atoms with van der Waals surface area (Å²) in [5.74, 6) is 0.394. The Labute approximate surface area is 140 Å². The molecule has 0 radical (unpaired) electrons. The molecule has 0 saturated heterocycles. The highest BCUT2D eigenvalue weighted by atomic mass is 16.1. The summed E-state index contributed by atoms with van der Waals surface area (Å²) in [5, 5.41) is 7.11. The second-order valence-corrected chi connectivity index (χ2v) is 5.32. The number of hydrogen-bond acceptors (Lipinski definition) is 4. The maximum Gasteiger partial charge on any atom is 0.270 e. The predicted molar refractivity (Wildman–Crippen MR) is 95.1 cm³/mol. The second kappa shape index (κ2) is 7.41. The summed E-state index contributed by atoms with van der Waals surface area (Å²) in [4.78, 5) is 23.5. The molecule has 0 unspecified atom stereocenters. The maximum absolute atomic E-state index is 12.2. The lowest BCUT2D eigenvalue weighted by molar-refractivity contribution is 0.0949. The van der Waals surface area contributed by atoms with Gasteiger partial charge < -0.3 is 15.6 Å². The number of H-pyrrole nitrogens is 1. The van der Waals surface area contributed by atoms with Crippen molar-refractivity contribution in [1.82, 2.24) is 20.3 Å². The number of carbonyl (C=O) groups is 1. The predicted octanol–water partition coefficient (Wildman–Crippen LogP) is 2.53. The van der Waals surface area contributed by atoms with Gasteiger partial charge in [0.15, 0.2) is 0 Å². The van der Waals surface area contributed by atoms with Crippen LogP contribution in [0.5, 0.6) is 0 Å². The van der Waals surface area contributed by atoms with Gasteiger partial charge in [-0.05, 0) is 18.1 Å². The number of rotatable bonds is 7. The Balaban J connectivity index is 1.58. The van der Waals surface area contributed by atoms with E-state index in [1.807, 2.05) is 24.4 Å². The van der Waals surface area contributed by atoms with Crippen molar-refractivity contribution in [2.24, 2.45) is 0 Å². The number of amides is 1. The van der Waals surface area contributed by atoms with Crippen molar-refractivity contribution in [1.29, 1.82) is 0 Å². The van der Waals surface area contributed by atoms with Crippen LogP contribution in [0.2, 0.25) is 0 Å². The topological polar surface area (TPSA) is 82.7 Å². The first-order valence-corrected chi connectivity index (χ1v) is 7.78. The molecule has 3 rings (SSSR count). The Morgan fingerprint density at radius 3 is 3.04 bits per heavy atom. The van der Waals surface area contributed by atoms with Gasteiger partial charge in [0.05, 0.1) is 0 Å². The molecule has 0 bridgehead atoms. The number of aromatic nitrogens is 3. The standard InChI is InChI=1S/C18H19N5O/c1-2-8-19-17-10-16(22-12-23-17)18(24)20-9-7-13-11-21-15-6-4-3-5-14(13)15/h2-6,10-12,21H,1,7-9H2,(H,20,24)(H,19,22,23). The van der Waals surface area contributed by atoms with E-state index in [2.05, 4.69) is 38.2 Å². The number of fused-ring (bicyclic) bond motifs is 1. The van der Waals surface area contributed by atoms with Crippen LogP contribution in [0.1, 0.15) is 16.1 Å².